The maximum absolute atomic E-state index is 5.50. The largest absolute Gasteiger partial charge is 0.496 e. The van der Waals surface area contributed by atoms with Gasteiger partial charge in [0.25, 0.3) is 0 Å². The van der Waals surface area contributed by atoms with E-state index in [1.807, 2.05) is 6.07 Å². The normalized spacial score (nSPS) is 20.4. The van der Waals surface area contributed by atoms with E-state index in [2.05, 4.69) is 46.3 Å². The molecule has 0 spiro atoms. The molecule has 5 nitrogen and oxygen atoms in total. The molecule has 0 aromatic carbocycles. The monoisotopic (exact) mass is 323 g/mol. The number of aromatic nitrogens is 2. The molecule has 3 heterocycles. The summed E-state index contributed by atoms with van der Waals surface area (Å²) in [4.78, 5) is 10.0. The highest BCUT2D eigenvalue weighted by atomic mass is 16.5. The van der Waals surface area contributed by atoms with E-state index in [1.165, 1.54) is 16.8 Å². The van der Waals surface area contributed by atoms with Gasteiger partial charge in [0, 0.05) is 44.4 Å². The van der Waals surface area contributed by atoms with E-state index in [0.717, 1.165) is 35.3 Å². The molecule has 0 fully saturated rings. The lowest BCUT2D eigenvalue weighted by Crippen LogP contribution is -2.23. The Hall–Kier alpha value is -2.53. The Bertz CT molecular complexity index is 876. The zero-order valence-corrected chi connectivity index (χ0v) is 14.2. The van der Waals surface area contributed by atoms with E-state index >= 15 is 0 Å². The van der Waals surface area contributed by atoms with E-state index < -0.39 is 0 Å². The third-order valence-electron chi connectivity index (χ3n) is 4.77. The average Bonchev–Trinajstić information content (AvgIpc) is 3.05. The van der Waals surface area contributed by atoms with E-state index in [9.17, 15) is 0 Å². The van der Waals surface area contributed by atoms with Gasteiger partial charge >= 0.3 is 0 Å². The molecule has 124 valence electrons. The van der Waals surface area contributed by atoms with Crippen molar-refractivity contribution in [2.75, 3.05) is 21.3 Å². The Kier molecular flexibility index (Phi) is 3.65. The number of nitrogens with zero attached hydrogens (tertiary/aromatic N) is 2. The van der Waals surface area contributed by atoms with Crippen molar-refractivity contribution in [1.29, 1.82) is 0 Å². The molecule has 5 heteroatoms. The number of hydrogen-bond donors (Lipinski definition) is 1. The first-order chi connectivity index (χ1) is 11.7. The SMILES string of the molecule is COc1ccnc2[nH]c(C3=CN(C)C4=C(C3)CC(OC)C=C4)cc12. The first-order valence-electron chi connectivity index (χ1n) is 8.08. The van der Waals surface area contributed by atoms with Gasteiger partial charge < -0.3 is 19.4 Å². The van der Waals surface area contributed by atoms with Gasteiger partial charge in [-0.05, 0) is 35.8 Å². The molecule has 0 saturated carbocycles. The Morgan fingerprint density at radius 3 is 3.00 bits per heavy atom. The van der Waals surface area contributed by atoms with E-state index in [1.54, 1.807) is 20.4 Å². The zero-order chi connectivity index (χ0) is 16.7. The van der Waals surface area contributed by atoms with Gasteiger partial charge in [0.2, 0.25) is 0 Å². The third kappa shape index (κ3) is 2.41. The van der Waals surface area contributed by atoms with Crippen LogP contribution in [0.2, 0.25) is 0 Å². The molecule has 0 saturated heterocycles. The first-order valence-corrected chi connectivity index (χ1v) is 8.08. The van der Waals surface area contributed by atoms with Crippen molar-refractivity contribution in [1.82, 2.24) is 14.9 Å². The lowest BCUT2D eigenvalue weighted by atomic mass is 9.90. The van der Waals surface area contributed by atoms with Crippen LogP contribution in [0.1, 0.15) is 18.5 Å². The van der Waals surface area contributed by atoms with Crippen LogP contribution in [-0.2, 0) is 4.74 Å². The molecule has 4 rings (SSSR count). The highest BCUT2D eigenvalue weighted by Crippen LogP contribution is 2.37. The minimum Gasteiger partial charge on any atom is -0.496 e. The first kappa shape index (κ1) is 15.0. The lowest BCUT2D eigenvalue weighted by Gasteiger charge is -2.31. The number of rotatable bonds is 3. The predicted molar refractivity (Wildman–Crippen MR) is 94.6 cm³/mol. The predicted octanol–water partition coefficient (Wildman–Crippen LogP) is 3.48. The summed E-state index contributed by atoms with van der Waals surface area (Å²) < 4.78 is 10.9. The molecule has 2 aromatic rings. The minimum absolute atomic E-state index is 0.168. The van der Waals surface area contributed by atoms with Crippen LogP contribution in [-0.4, -0.2) is 42.2 Å². The van der Waals surface area contributed by atoms with Crippen LogP contribution >= 0.6 is 0 Å². The third-order valence-corrected chi connectivity index (χ3v) is 4.77. The van der Waals surface area contributed by atoms with Crippen LogP contribution in [0.3, 0.4) is 0 Å². The lowest BCUT2D eigenvalue weighted by molar-refractivity contribution is 0.138. The number of hydrogen-bond acceptors (Lipinski definition) is 4. The summed E-state index contributed by atoms with van der Waals surface area (Å²) in [6.07, 6.45) is 10.3. The van der Waals surface area contributed by atoms with Crippen molar-refractivity contribution >= 4 is 16.6 Å². The van der Waals surface area contributed by atoms with Gasteiger partial charge in [-0.2, -0.15) is 0 Å². The second-order valence-electron chi connectivity index (χ2n) is 6.23. The molecule has 24 heavy (non-hydrogen) atoms. The van der Waals surface area contributed by atoms with Crippen LogP contribution in [0.25, 0.3) is 16.6 Å². The van der Waals surface area contributed by atoms with Gasteiger partial charge in [-0.25, -0.2) is 4.98 Å². The second-order valence-corrected chi connectivity index (χ2v) is 6.23. The van der Waals surface area contributed by atoms with E-state index in [4.69, 9.17) is 9.47 Å². The van der Waals surface area contributed by atoms with Crippen molar-refractivity contribution < 1.29 is 9.47 Å². The van der Waals surface area contributed by atoms with E-state index in [-0.39, 0.29) is 6.10 Å². The van der Waals surface area contributed by atoms with Gasteiger partial charge in [-0.3, -0.25) is 0 Å². The molecular formula is C19H21N3O2. The summed E-state index contributed by atoms with van der Waals surface area (Å²) in [5.41, 5.74) is 5.87. The Balaban J connectivity index is 1.70. The number of allylic oxidation sites excluding steroid dienone is 2. The molecule has 1 unspecified atom stereocenters. The van der Waals surface area contributed by atoms with Crippen molar-refractivity contribution in [2.45, 2.75) is 18.9 Å². The molecule has 2 aromatic heterocycles. The van der Waals surface area contributed by atoms with Crippen molar-refractivity contribution in [2.24, 2.45) is 0 Å². The highest BCUT2D eigenvalue weighted by Gasteiger charge is 2.24. The number of H-pyrrole nitrogens is 1. The number of aromatic amines is 1. The molecule has 0 amide bonds. The van der Waals surface area contributed by atoms with Gasteiger partial charge in [0.15, 0.2) is 0 Å². The smallest absolute Gasteiger partial charge is 0.141 e. The summed E-state index contributed by atoms with van der Waals surface area (Å²) in [6.45, 7) is 0. The molecular weight excluding hydrogens is 302 g/mol. The van der Waals surface area contributed by atoms with Gasteiger partial charge in [-0.1, -0.05) is 6.08 Å². The number of likely N-dealkylation sites (N-methyl/N-ethyl adjacent to an activating group) is 1. The molecule has 0 radical (unpaired) electrons. The molecule has 1 aliphatic heterocycles. The summed E-state index contributed by atoms with van der Waals surface area (Å²) >= 11 is 0. The summed E-state index contributed by atoms with van der Waals surface area (Å²) in [5, 5.41) is 1.01. The Labute approximate surface area is 141 Å². The van der Waals surface area contributed by atoms with Crippen LogP contribution in [0.5, 0.6) is 5.75 Å². The van der Waals surface area contributed by atoms with Gasteiger partial charge in [0.1, 0.15) is 11.4 Å². The molecule has 1 N–H and O–H groups in total. The molecule has 2 aliphatic rings. The average molecular weight is 323 g/mol. The summed E-state index contributed by atoms with van der Waals surface area (Å²) in [6, 6.07) is 4.01. The summed E-state index contributed by atoms with van der Waals surface area (Å²) in [7, 11) is 5.54. The second kappa shape index (κ2) is 5.83. The van der Waals surface area contributed by atoms with Gasteiger partial charge in [-0.15, -0.1) is 0 Å². The number of pyridine rings is 1. The quantitative estimate of drug-likeness (QED) is 0.939. The van der Waals surface area contributed by atoms with Crippen LogP contribution < -0.4 is 4.74 Å². The maximum Gasteiger partial charge on any atom is 0.141 e. The number of nitrogens with one attached hydrogen (secondary N) is 1. The number of fused-ring (bicyclic) bond motifs is 1. The van der Waals surface area contributed by atoms with Crippen molar-refractivity contribution in [3.05, 3.63) is 53.6 Å². The van der Waals surface area contributed by atoms with Crippen LogP contribution in [0.4, 0.5) is 0 Å². The van der Waals surface area contributed by atoms with Crippen molar-refractivity contribution in [3.8, 4) is 5.75 Å². The number of ether oxygens (including phenoxy) is 2. The topological polar surface area (TPSA) is 50.4 Å². The number of methoxy groups -OCH3 is 2. The fourth-order valence-electron chi connectivity index (χ4n) is 3.52. The fraction of sp³-hybridized carbons (Fsp3) is 0.316. The van der Waals surface area contributed by atoms with Crippen molar-refractivity contribution in [3.63, 3.8) is 0 Å². The maximum atomic E-state index is 5.50. The molecule has 0 bridgehead atoms. The standard InChI is InChI=1S/C19H21N3O2/c1-22-11-13(8-12-9-14(23-2)4-5-17(12)22)16-10-15-18(24-3)6-7-20-19(15)21-16/h4-7,10-11,14H,8-9H2,1-3H3,(H,20,21). The summed E-state index contributed by atoms with van der Waals surface area (Å²) in [5.74, 6) is 0.840. The fourth-order valence-corrected chi connectivity index (χ4v) is 3.52. The molecule has 1 aliphatic carbocycles. The van der Waals surface area contributed by atoms with Gasteiger partial charge in [0.05, 0.1) is 18.6 Å². The molecule has 1 atom stereocenters. The van der Waals surface area contributed by atoms with E-state index in [0.29, 0.717) is 0 Å². The zero-order valence-electron chi connectivity index (χ0n) is 14.2. The Morgan fingerprint density at radius 2 is 2.21 bits per heavy atom. The minimum atomic E-state index is 0.168. The Morgan fingerprint density at radius 1 is 1.33 bits per heavy atom. The van der Waals surface area contributed by atoms with Crippen LogP contribution in [0.15, 0.2) is 48.0 Å². The highest BCUT2D eigenvalue weighted by molar-refractivity contribution is 5.87. The van der Waals surface area contributed by atoms with Crippen LogP contribution in [0, 0.1) is 0 Å².